The molecule has 1 heterocycles. The minimum atomic E-state index is -0.589. The zero-order valence-corrected chi connectivity index (χ0v) is 12.5. The molecule has 6 heteroatoms. The molecule has 2 aromatic carbocycles. The van der Waals surface area contributed by atoms with Crippen LogP contribution >= 0.6 is 0 Å². The van der Waals surface area contributed by atoms with Crippen molar-refractivity contribution in [1.29, 1.82) is 0 Å². The molecule has 24 heavy (non-hydrogen) atoms. The molecule has 3 rings (SSSR count). The Morgan fingerprint density at radius 3 is 2.62 bits per heavy atom. The maximum Gasteiger partial charge on any atom is 0.363 e. The van der Waals surface area contributed by atoms with E-state index in [1.54, 1.807) is 18.2 Å². The number of ether oxygens (including phenoxy) is 1. The molecular formula is C18H12N2O4. The summed E-state index contributed by atoms with van der Waals surface area (Å²) in [6.45, 7) is 0. The van der Waals surface area contributed by atoms with Gasteiger partial charge in [0.05, 0.1) is 4.92 Å². The second kappa shape index (κ2) is 6.70. The summed E-state index contributed by atoms with van der Waals surface area (Å²) in [5.41, 5.74) is 1.42. The first kappa shape index (κ1) is 15.4. The molecule has 1 aliphatic rings. The number of nitrogens with zero attached hydrogens (tertiary/aromatic N) is 2. The van der Waals surface area contributed by atoms with Crippen molar-refractivity contribution in [3.05, 3.63) is 93.7 Å². The highest BCUT2D eigenvalue weighted by Crippen LogP contribution is 2.20. The van der Waals surface area contributed by atoms with E-state index in [9.17, 15) is 14.9 Å². The van der Waals surface area contributed by atoms with E-state index < -0.39 is 10.9 Å². The Labute approximate surface area is 137 Å². The van der Waals surface area contributed by atoms with Gasteiger partial charge in [-0.25, -0.2) is 9.79 Å². The number of hydrogen-bond acceptors (Lipinski definition) is 5. The molecule has 0 saturated carbocycles. The molecule has 0 fully saturated rings. The van der Waals surface area contributed by atoms with Crippen molar-refractivity contribution in [2.45, 2.75) is 0 Å². The number of cyclic esters (lactones) is 1. The smallest absolute Gasteiger partial charge is 0.363 e. The predicted molar refractivity (Wildman–Crippen MR) is 89.3 cm³/mol. The molecule has 6 nitrogen and oxygen atoms in total. The standard InChI is InChI=1S/C18H12N2O4/c21-18-16(11-4-8-13-6-2-1-3-7-13)19-17(24-18)14-9-5-10-15(12-14)20(22)23/h1-12H. The lowest BCUT2D eigenvalue weighted by atomic mass is 10.2. The number of allylic oxidation sites excluding steroid dienone is 2. The third-order valence-corrected chi connectivity index (χ3v) is 3.27. The first-order valence-corrected chi connectivity index (χ1v) is 7.12. The van der Waals surface area contributed by atoms with Crippen molar-refractivity contribution in [3.63, 3.8) is 0 Å². The number of rotatable bonds is 4. The zero-order valence-electron chi connectivity index (χ0n) is 12.5. The fourth-order valence-electron chi connectivity index (χ4n) is 2.11. The Hall–Kier alpha value is -3.54. The fraction of sp³-hybridized carbons (Fsp3) is 0. The fourth-order valence-corrected chi connectivity index (χ4v) is 2.11. The molecular weight excluding hydrogens is 308 g/mol. The molecule has 2 aromatic rings. The van der Waals surface area contributed by atoms with E-state index in [4.69, 9.17) is 4.74 Å². The van der Waals surface area contributed by atoms with Crippen LogP contribution in [0.2, 0.25) is 0 Å². The second-order valence-electron chi connectivity index (χ2n) is 4.94. The molecule has 0 saturated heterocycles. The minimum Gasteiger partial charge on any atom is -0.402 e. The van der Waals surface area contributed by atoms with E-state index in [1.165, 1.54) is 18.2 Å². The average molecular weight is 320 g/mol. The Bertz CT molecular complexity index is 883. The van der Waals surface area contributed by atoms with E-state index in [1.807, 2.05) is 36.4 Å². The molecule has 0 aromatic heterocycles. The number of aliphatic imine (C=N–C) groups is 1. The van der Waals surface area contributed by atoms with Crippen LogP contribution < -0.4 is 0 Å². The Morgan fingerprint density at radius 1 is 1.08 bits per heavy atom. The lowest BCUT2D eigenvalue weighted by Gasteiger charge is -1.98. The molecule has 118 valence electrons. The number of benzene rings is 2. The van der Waals surface area contributed by atoms with Gasteiger partial charge >= 0.3 is 5.97 Å². The molecule has 0 unspecified atom stereocenters. The molecule has 0 N–H and O–H groups in total. The van der Waals surface area contributed by atoms with Crippen molar-refractivity contribution in [3.8, 4) is 0 Å². The maximum absolute atomic E-state index is 11.8. The highest BCUT2D eigenvalue weighted by molar-refractivity contribution is 6.11. The molecule has 0 aliphatic carbocycles. The Kier molecular flexibility index (Phi) is 4.29. The highest BCUT2D eigenvalue weighted by atomic mass is 16.6. The Balaban J connectivity index is 1.83. The molecule has 1 aliphatic heterocycles. The van der Waals surface area contributed by atoms with Crippen molar-refractivity contribution in [2.75, 3.05) is 0 Å². The second-order valence-corrected chi connectivity index (χ2v) is 4.94. The molecule has 0 radical (unpaired) electrons. The van der Waals surface area contributed by atoms with Gasteiger partial charge in [0.2, 0.25) is 5.90 Å². The predicted octanol–water partition coefficient (Wildman–Crippen LogP) is 3.50. The van der Waals surface area contributed by atoms with E-state index in [-0.39, 0.29) is 17.3 Å². The Morgan fingerprint density at radius 2 is 1.88 bits per heavy atom. The van der Waals surface area contributed by atoms with Gasteiger partial charge < -0.3 is 4.74 Å². The van der Waals surface area contributed by atoms with Gasteiger partial charge in [-0.2, -0.15) is 0 Å². The van der Waals surface area contributed by atoms with Crippen molar-refractivity contribution >= 4 is 23.6 Å². The van der Waals surface area contributed by atoms with Gasteiger partial charge in [0.15, 0.2) is 5.70 Å². The lowest BCUT2D eigenvalue weighted by Crippen LogP contribution is -2.05. The first-order chi connectivity index (χ1) is 11.6. The van der Waals surface area contributed by atoms with E-state index in [0.717, 1.165) is 5.56 Å². The molecule has 0 bridgehead atoms. The summed E-state index contributed by atoms with van der Waals surface area (Å²) < 4.78 is 5.08. The van der Waals surface area contributed by atoms with Crippen LogP contribution in [-0.4, -0.2) is 16.8 Å². The van der Waals surface area contributed by atoms with E-state index >= 15 is 0 Å². The summed E-state index contributed by atoms with van der Waals surface area (Å²) in [5.74, 6) is -0.530. The van der Waals surface area contributed by atoms with Gasteiger partial charge in [-0.15, -0.1) is 0 Å². The summed E-state index contributed by atoms with van der Waals surface area (Å²) in [7, 11) is 0. The van der Waals surface area contributed by atoms with Crippen LogP contribution in [0.25, 0.3) is 6.08 Å². The third-order valence-electron chi connectivity index (χ3n) is 3.27. The summed E-state index contributed by atoms with van der Waals surface area (Å²) in [6, 6.07) is 15.4. The quantitative estimate of drug-likeness (QED) is 0.374. The van der Waals surface area contributed by atoms with Crippen LogP contribution in [-0.2, 0) is 9.53 Å². The number of nitro benzene ring substituents is 1. The SMILES string of the molecule is O=C1OC(c2cccc([N+](=O)[O-])c2)=NC1=CC=Cc1ccccc1. The van der Waals surface area contributed by atoms with Crippen molar-refractivity contribution in [2.24, 2.45) is 4.99 Å². The lowest BCUT2D eigenvalue weighted by molar-refractivity contribution is -0.384. The van der Waals surface area contributed by atoms with Crippen LogP contribution in [0.5, 0.6) is 0 Å². The van der Waals surface area contributed by atoms with Crippen LogP contribution in [0.4, 0.5) is 5.69 Å². The normalized spacial score (nSPS) is 15.6. The number of hydrogen-bond donors (Lipinski definition) is 0. The van der Waals surface area contributed by atoms with Gasteiger partial charge in [0.25, 0.3) is 5.69 Å². The number of carbonyl (C=O) groups excluding carboxylic acids is 1. The number of non-ortho nitro benzene ring substituents is 1. The van der Waals surface area contributed by atoms with Gasteiger partial charge in [0.1, 0.15) is 0 Å². The van der Waals surface area contributed by atoms with Crippen molar-refractivity contribution in [1.82, 2.24) is 0 Å². The van der Waals surface area contributed by atoms with Gasteiger partial charge in [-0.3, -0.25) is 10.1 Å². The average Bonchev–Trinajstić information content (AvgIpc) is 2.97. The monoisotopic (exact) mass is 320 g/mol. The van der Waals surface area contributed by atoms with Crippen LogP contribution in [0.15, 0.2) is 77.4 Å². The minimum absolute atomic E-state index is 0.0584. The number of nitro groups is 1. The molecule has 0 atom stereocenters. The highest BCUT2D eigenvalue weighted by Gasteiger charge is 2.24. The van der Waals surface area contributed by atoms with Crippen molar-refractivity contribution < 1.29 is 14.5 Å². The topological polar surface area (TPSA) is 81.8 Å². The zero-order chi connectivity index (χ0) is 16.9. The third kappa shape index (κ3) is 3.44. The first-order valence-electron chi connectivity index (χ1n) is 7.12. The molecule has 0 spiro atoms. The summed E-state index contributed by atoms with van der Waals surface area (Å²) in [5, 5.41) is 10.8. The summed E-state index contributed by atoms with van der Waals surface area (Å²) in [4.78, 5) is 26.2. The van der Waals surface area contributed by atoms with Gasteiger partial charge in [-0.1, -0.05) is 48.6 Å². The number of carbonyl (C=O) groups is 1. The van der Waals surface area contributed by atoms with Crippen LogP contribution in [0, 0.1) is 10.1 Å². The number of esters is 1. The van der Waals surface area contributed by atoms with Gasteiger partial charge in [0, 0.05) is 17.7 Å². The summed E-state index contributed by atoms with van der Waals surface area (Å²) >= 11 is 0. The van der Waals surface area contributed by atoms with E-state index in [2.05, 4.69) is 4.99 Å². The molecule has 0 amide bonds. The maximum atomic E-state index is 11.8. The van der Waals surface area contributed by atoms with Gasteiger partial charge in [-0.05, 0) is 17.7 Å². The summed E-state index contributed by atoms with van der Waals surface area (Å²) in [6.07, 6.45) is 5.08. The van der Waals surface area contributed by atoms with E-state index in [0.29, 0.717) is 5.56 Å². The van der Waals surface area contributed by atoms with Crippen LogP contribution in [0.1, 0.15) is 11.1 Å². The van der Waals surface area contributed by atoms with Crippen LogP contribution in [0.3, 0.4) is 0 Å². The largest absolute Gasteiger partial charge is 0.402 e.